The Bertz CT molecular complexity index is 1090. The molecule has 9 heteroatoms. The van der Waals surface area contributed by atoms with Crippen molar-refractivity contribution >= 4 is 22.4 Å². The second-order valence-electron chi connectivity index (χ2n) is 8.00. The topological polar surface area (TPSA) is 98.2 Å². The minimum absolute atomic E-state index is 0.141. The summed E-state index contributed by atoms with van der Waals surface area (Å²) in [5.41, 5.74) is 2.39. The van der Waals surface area contributed by atoms with Crippen LogP contribution < -0.4 is 19.7 Å². The van der Waals surface area contributed by atoms with Gasteiger partial charge in [0.15, 0.2) is 17.2 Å². The summed E-state index contributed by atoms with van der Waals surface area (Å²) in [6.07, 6.45) is 0.848. The zero-order valence-corrected chi connectivity index (χ0v) is 18.7. The second-order valence-corrected chi connectivity index (χ2v) is 8.00. The van der Waals surface area contributed by atoms with Crippen LogP contribution in [0.15, 0.2) is 36.7 Å². The molecule has 1 atom stereocenters. The molecule has 2 N–H and O–H groups in total. The zero-order chi connectivity index (χ0) is 22.7. The quantitative estimate of drug-likeness (QED) is 0.486. The van der Waals surface area contributed by atoms with Gasteiger partial charge in [0.05, 0.1) is 18.3 Å². The summed E-state index contributed by atoms with van der Waals surface area (Å²) < 4.78 is 11.4. The lowest BCUT2D eigenvalue weighted by molar-refractivity contribution is -0.194. The molecule has 1 aromatic heterocycles. The molecule has 2 heterocycles. The van der Waals surface area contributed by atoms with E-state index in [2.05, 4.69) is 34.0 Å². The largest absolute Gasteiger partial charge is 0.493 e. The van der Waals surface area contributed by atoms with E-state index in [9.17, 15) is 5.11 Å². The lowest BCUT2D eigenvalue weighted by Gasteiger charge is -2.24. The molecule has 0 aliphatic carbocycles. The molecule has 32 heavy (non-hydrogen) atoms. The number of nitrogens with one attached hydrogen (secondary N) is 1. The summed E-state index contributed by atoms with van der Waals surface area (Å²) in [5.74, 6) is 2.28. The van der Waals surface area contributed by atoms with Crippen molar-refractivity contribution in [1.29, 1.82) is 0 Å². The van der Waals surface area contributed by atoms with Crippen LogP contribution in [0.4, 0.5) is 11.5 Å². The minimum atomic E-state index is -0.632. The first-order chi connectivity index (χ1) is 15.5. The van der Waals surface area contributed by atoms with E-state index in [0.29, 0.717) is 47.8 Å². The number of aliphatic hydroxyl groups excluding tert-OH is 1. The number of anilines is 2. The van der Waals surface area contributed by atoms with Gasteiger partial charge in [-0.3, -0.25) is 0 Å². The highest BCUT2D eigenvalue weighted by atomic mass is 17.2. The van der Waals surface area contributed by atoms with Crippen molar-refractivity contribution < 1.29 is 24.4 Å². The van der Waals surface area contributed by atoms with Gasteiger partial charge in [-0.15, -0.1) is 0 Å². The van der Waals surface area contributed by atoms with Gasteiger partial charge in [0, 0.05) is 29.6 Å². The standard InChI is InChI=1S/C23H28N4O5/c1-14(2)27(3)10-16(28)12-30-21-9-19-17(8-20(21)29-4)23(25-13-24-19)26-18-7-5-6-15-11-31-32-22(15)18/h5-9,13-14,16,28H,10-12H2,1-4H3,(H,24,25,26). The summed E-state index contributed by atoms with van der Waals surface area (Å²) in [6, 6.07) is 9.72. The first-order valence-electron chi connectivity index (χ1n) is 10.5. The van der Waals surface area contributed by atoms with Crippen LogP contribution in [0.1, 0.15) is 19.4 Å². The number of ether oxygens (including phenoxy) is 2. The number of hydrogen-bond acceptors (Lipinski definition) is 9. The van der Waals surface area contributed by atoms with Crippen LogP contribution >= 0.6 is 0 Å². The van der Waals surface area contributed by atoms with Crippen molar-refractivity contribution in [3.8, 4) is 17.2 Å². The van der Waals surface area contributed by atoms with Crippen molar-refractivity contribution in [2.24, 2.45) is 0 Å². The van der Waals surface area contributed by atoms with E-state index in [-0.39, 0.29) is 6.61 Å². The molecule has 0 radical (unpaired) electrons. The Morgan fingerprint density at radius 3 is 2.84 bits per heavy atom. The lowest BCUT2D eigenvalue weighted by atomic mass is 10.1. The van der Waals surface area contributed by atoms with Crippen LogP contribution in [-0.2, 0) is 11.5 Å². The Kier molecular flexibility index (Phi) is 6.59. The van der Waals surface area contributed by atoms with Crippen molar-refractivity contribution in [1.82, 2.24) is 14.9 Å². The molecule has 0 spiro atoms. The van der Waals surface area contributed by atoms with Gasteiger partial charge in [-0.1, -0.05) is 12.1 Å². The number of aromatic nitrogens is 2. The third-order valence-corrected chi connectivity index (χ3v) is 5.44. The SMILES string of the molecule is COc1cc2c(Nc3cccc4c3OOC4)ncnc2cc1OCC(O)CN(C)C(C)C. The fourth-order valence-electron chi connectivity index (χ4n) is 3.39. The average Bonchev–Trinajstić information content (AvgIpc) is 3.27. The summed E-state index contributed by atoms with van der Waals surface area (Å²) in [7, 11) is 3.54. The van der Waals surface area contributed by atoms with Crippen molar-refractivity contribution in [3.05, 3.63) is 42.2 Å². The van der Waals surface area contributed by atoms with Crippen LogP contribution in [0.2, 0.25) is 0 Å². The van der Waals surface area contributed by atoms with Gasteiger partial charge in [-0.2, -0.15) is 4.89 Å². The number of aliphatic hydroxyl groups is 1. The molecule has 0 fully saturated rings. The third kappa shape index (κ3) is 4.69. The predicted octanol–water partition coefficient (Wildman–Crippen LogP) is 3.29. The molecular formula is C23H28N4O5. The van der Waals surface area contributed by atoms with Crippen LogP contribution in [0.25, 0.3) is 10.9 Å². The third-order valence-electron chi connectivity index (χ3n) is 5.44. The fraction of sp³-hybridized carbons (Fsp3) is 0.391. The van der Waals surface area contributed by atoms with E-state index in [0.717, 1.165) is 16.6 Å². The predicted molar refractivity (Wildman–Crippen MR) is 120 cm³/mol. The van der Waals surface area contributed by atoms with E-state index in [4.69, 9.17) is 19.2 Å². The number of hydrogen-bond donors (Lipinski definition) is 2. The van der Waals surface area contributed by atoms with E-state index in [1.54, 1.807) is 13.2 Å². The van der Waals surface area contributed by atoms with Gasteiger partial charge < -0.3 is 29.7 Å². The minimum Gasteiger partial charge on any atom is -0.493 e. The molecule has 4 rings (SSSR count). The first kappa shape index (κ1) is 22.1. The molecule has 1 aliphatic heterocycles. The lowest BCUT2D eigenvalue weighted by Crippen LogP contribution is -2.36. The Labute approximate surface area is 186 Å². The smallest absolute Gasteiger partial charge is 0.194 e. The highest BCUT2D eigenvalue weighted by molar-refractivity contribution is 5.93. The summed E-state index contributed by atoms with van der Waals surface area (Å²) in [6.45, 7) is 5.21. The summed E-state index contributed by atoms with van der Waals surface area (Å²) in [5, 5.41) is 14.4. The average molecular weight is 441 g/mol. The Morgan fingerprint density at radius 1 is 1.22 bits per heavy atom. The first-order valence-corrected chi connectivity index (χ1v) is 10.5. The normalized spacial score (nSPS) is 13.8. The van der Waals surface area contributed by atoms with Gasteiger partial charge in [0.2, 0.25) is 0 Å². The molecule has 9 nitrogen and oxygen atoms in total. The maximum absolute atomic E-state index is 10.3. The van der Waals surface area contributed by atoms with E-state index in [1.165, 1.54) is 6.33 Å². The van der Waals surface area contributed by atoms with Crippen LogP contribution in [-0.4, -0.2) is 59.4 Å². The molecule has 1 unspecified atom stereocenters. The molecule has 170 valence electrons. The van der Waals surface area contributed by atoms with Crippen molar-refractivity contribution in [2.75, 3.05) is 32.6 Å². The number of para-hydroxylation sites is 1. The van der Waals surface area contributed by atoms with Crippen molar-refractivity contribution in [2.45, 2.75) is 32.6 Å². The fourth-order valence-corrected chi connectivity index (χ4v) is 3.39. The molecule has 0 bridgehead atoms. The Hall–Kier alpha value is -3.14. The number of methoxy groups -OCH3 is 1. The van der Waals surface area contributed by atoms with Crippen molar-refractivity contribution in [3.63, 3.8) is 0 Å². The molecule has 0 saturated carbocycles. The van der Waals surface area contributed by atoms with E-state index < -0.39 is 6.10 Å². The zero-order valence-electron chi connectivity index (χ0n) is 18.7. The highest BCUT2D eigenvalue weighted by Crippen LogP contribution is 2.38. The maximum Gasteiger partial charge on any atom is 0.194 e. The second kappa shape index (κ2) is 9.56. The Morgan fingerprint density at radius 2 is 2.06 bits per heavy atom. The van der Waals surface area contributed by atoms with Gasteiger partial charge in [-0.25, -0.2) is 9.97 Å². The molecule has 0 amide bonds. The van der Waals surface area contributed by atoms with Gasteiger partial charge >= 0.3 is 0 Å². The maximum atomic E-state index is 10.3. The van der Waals surface area contributed by atoms with E-state index >= 15 is 0 Å². The molecule has 3 aromatic rings. The van der Waals surface area contributed by atoms with Crippen LogP contribution in [0.3, 0.4) is 0 Å². The number of rotatable bonds is 9. The van der Waals surface area contributed by atoms with Gasteiger partial charge in [0.25, 0.3) is 0 Å². The number of nitrogens with zero attached hydrogens (tertiary/aromatic N) is 3. The van der Waals surface area contributed by atoms with Crippen LogP contribution in [0, 0.1) is 0 Å². The van der Waals surface area contributed by atoms with E-state index in [1.807, 2.05) is 31.3 Å². The number of fused-ring (bicyclic) bond motifs is 2. The molecule has 1 aliphatic rings. The van der Waals surface area contributed by atoms with Gasteiger partial charge in [0.1, 0.15) is 31.5 Å². The molecule has 0 saturated heterocycles. The number of likely N-dealkylation sites (N-methyl/N-ethyl adjacent to an activating group) is 1. The van der Waals surface area contributed by atoms with Crippen LogP contribution in [0.5, 0.6) is 17.2 Å². The molecular weight excluding hydrogens is 412 g/mol. The van der Waals surface area contributed by atoms with Gasteiger partial charge in [-0.05, 0) is 33.0 Å². The summed E-state index contributed by atoms with van der Waals surface area (Å²) in [4.78, 5) is 21.2. The number of benzene rings is 2. The Balaban J connectivity index is 1.57. The monoisotopic (exact) mass is 440 g/mol. The molecule has 2 aromatic carbocycles. The summed E-state index contributed by atoms with van der Waals surface area (Å²) >= 11 is 0. The highest BCUT2D eigenvalue weighted by Gasteiger charge is 2.20.